The first-order chi connectivity index (χ1) is 7.10. The Labute approximate surface area is 89.4 Å². The summed E-state index contributed by atoms with van der Waals surface area (Å²) in [6.07, 6.45) is 1.98. The number of hydrogen-bond donors (Lipinski definition) is 2. The van der Waals surface area contributed by atoms with E-state index in [0.717, 1.165) is 0 Å². The molecule has 5 nitrogen and oxygen atoms in total. The third-order valence-electron chi connectivity index (χ3n) is 1.76. The van der Waals surface area contributed by atoms with Gasteiger partial charge in [-0.1, -0.05) is 12.8 Å². The minimum absolute atomic E-state index is 0.0808. The van der Waals surface area contributed by atoms with Crippen molar-refractivity contribution in [3.63, 3.8) is 0 Å². The van der Waals surface area contributed by atoms with Crippen molar-refractivity contribution in [1.82, 2.24) is 14.7 Å². The van der Waals surface area contributed by atoms with E-state index in [1.54, 1.807) is 6.92 Å². The van der Waals surface area contributed by atoms with Gasteiger partial charge in [0, 0.05) is 6.42 Å². The van der Waals surface area contributed by atoms with Gasteiger partial charge in [-0.15, -0.1) is 5.92 Å². The summed E-state index contributed by atoms with van der Waals surface area (Å²) >= 11 is 0. The van der Waals surface area contributed by atoms with Crippen LogP contribution in [0.15, 0.2) is 11.2 Å². The van der Waals surface area contributed by atoms with Crippen LogP contribution in [0.1, 0.15) is 19.7 Å². The molecule has 0 spiro atoms. The zero-order chi connectivity index (χ0) is 11.3. The number of sulfonamides is 1. The lowest BCUT2D eigenvalue weighted by molar-refractivity contribution is 0.582. The summed E-state index contributed by atoms with van der Waals surface area (Å²) in [5.74, 6) is 5.88. The molecule has 6 heteroatoms. The second kappa shape index (κ2) is 4.96. The van der Waals surface area contributed by atoms with Gasteiger partial charge in [0.2, 0.25) is 0 Å². The monoisotopic (exact) mass is 227 g/mol. The summed E-state index contributed by atoms with van der Waals surface area (Å²) in [6.45, 7) is 3.66. The molecule has 0 aliphatic heterocycles. The molecule has 0 saturated carbocycles. The first kappa shape index (κ1) is 11.8. The fourth-order valence-electron chi connectivity index (χ4n) is 0.957. The Kier molecular flexibility index (Phi) is 3.88. The maximum absolute atomic E-state index is 11.6. The van der Waals surface area contributed by atoms with E-state index in [0.29, 0.717) is 12.2 Å². The summed E-state index contributed by atoms with van der Waals surface area (Å²) in [6, 6.07) is 0. The van der Waals surface area contributed by atoms with Crippen molar-refractivity contribution in [3.05, 3.63) is 12.0 Å². The van der Waals surface area contributed by atoms with E-state index in [1.807, 2.05) is 6.92 Å². The van der Waals surface area contributed by atoms with Crippen LogP contribution in [-0.4, -0.2) is 24.9 Å². The molecule has 2 N–H and O–H groups in total. The summed E-state index contributed by atoms with van der Waals surface area (Å²) < 4.78 is 25.5. The lowest BCUT2D eigenvalue weighted by Gasteiger charge is -1.99. The number of imidazole rings is 1. The van der Waals surface area contributed by atoms with Crippen LogP contribution in [-0.2, 0) is 16.4 Å². The van der Waals surface area contributed by atoms with Crippen LogP contribution in [0.5, 0.6) is 0 Å². The molecule has 0 saturated heterocycles. The van der Waals surface area contributed by atoms with Gasteiger partial charge in [-0.25, -0.2) is 13.4 Å². The first-order valence-corrected chi connectivity index (χ1v) is 6.01. The van der Waals surface area contributed by atoms with Gasteiger partial charge in [0.1, 0.15) is 5.82 Å². The predicted molar refractivity (Wildman–Crippen MR) is 56.6 cm³/mol. The lowest BCUT2D eigenvalue weighted by atomic mass is 10.5. The smallest absolute Gasteiger partial charge is 0.258 e. The average Bonchev–Trinajstić information content (AvgIpc) is 2.66. The highest BCUT2D eigenvalue weighted by Crippen LogP contribution is 2.04. The fourth-order valence-corrected chi connectivity index (χ4v) is 1.82. The van der Waals surface area contributed by atoms with Crippen LogP contribution in [0.25, 0.3) is 0 Å². The van der Waals surface area contributed by atoms with Gasteiger partial charge in [0.25, 0.3) is 10.0 Å². The van der Waals surface area contributed by atoms with Crippen LogP contribution in [0, 0.1) is 11.8 Å². The SMILES string of the molecule is CC#CCNS(=O)(=O)c1cnc(CC)[nH]1. The van der Waals surface area contributed by atoms with Gasteiger partial charge in [0.15, 0.2) is 5.03 Å². The molecule has 0 bridgehead atoms. The molecular formula is C9H13N3O2S. The third kappa shape index (κ3) is 3.08. The number of nitrogens with one attached hydrogen (secondary N) is 2. The van der Waals surface area contributed by atoms with Crippen molar-refractivity contribution >= 4 is 10.0 Å². The van der Waals surface area contributed by atoms with Crippen LogP contribution < -0.4 is 4.72 Å². The molecule has 0 atom stereocenters. The van der Waals surface area contributed by atoms with Crippen molar-refractivity contribution in [2.24, 2.45) is 0 Å². The van der Waals surface area contributed by atoms with E-state index < -0.39 is 10.0 Å². The highest BCUT2D eigenvalue weighted by Gasteiger charge is 2.15. The van der Waals surface area contributed by atoms with Crippen molar-refractivity contribution < 1.29 is 8.42 Å². The van der Waals surface area contributed by atoms with Gasteiger partial charge in [0.05, 0.1) is 12.7 Å². The van der Waals surface area contributed by atoms with Gasteiger partial charge < -0.3 is 4.98 Å². The Morgan fingerprint density at radius 2 is 2.33 bits per heavy atom. The maximum Gasteiger partial charge on any atom is 0.258 e. The minimum Gasteiger partial charge on any atom is -0.332 e. The summed E-state index contributed by atoms with van der Waals surface area (Å²) in [5.41, 5.74) is 0. The molecule has 0 unspecified atom stereocenters. The van der Waals surface area contributed by atoms with Crippen molar-refractivity contribution in [2.45, 2.75) is 25.3 Å². The standard InChI is InChI=1S/C9H13N3O2S/c1-3-5-6-11-15(13,14)9-7-10-8(4-2)12-9/h7,11H,4,6H2,1-2H3,(H,10,12). The molecule has 0 aromatic carbocycles. The number of aromatic amines is 1. The summed E-state index contributed by atoms with van der Waals surface area (Å²) in [4.78, 5) is 6.64. The van der Waals surface area contributed by atoms with Gasteiger partial charge >= 0.3 is 0 Å². The van der Waals surface area contributed by atoms with Gasteiger partial charge in [-0.05, 0) is 6.92 Å². The number of aryl methyl sites for hydroxylation is 1. The van der Waals surface area contributed by atoms with E-state index in [-0.39, 0.29) is 11.6 Å². The molecule has 1 heterocycles. The second-order valence-electron chi connectivity index (χ2n) is 2.80. The first-order valence-electron chi connectivity index (χ1n) is 4.53. The van der Waals surface area contributed by atoms with E-state index in [1.165, 1.54) is 6.20 Å². The third-order valence-corrected chi connectivity index (χ3v) is 3.07. The van der Waals surface area contributed by atoms with Crippen LogP contribution >= 0.6 is 0 Å². The molecule has 0 radical (unpaired) electrons. The molecule has 0 aliphatic rings. The van der Waals surface area contributed by atoms with E-state index >= 15 is 0 Å². The highest BCUT2D eigenvalue weighted by atomic mass is 32.2. The zero-order valence-electron chi connectivity index (χ0n) is 8.66. The summed E-state index contributed by atoms with van der Waals surface area (Å²) in [5, 5.41) is 0.0808. The molecule has 1 aromatic heterocycles. The zero-order valence-corrected chi connectivity index (χ0v) is 9.48. The molecule has 15 heavy (non-hydrogen) atoms. The van der Waals surface area contributed by atoms with Gasteiger partial charge in [-0.2, -0.15) is 4.72 Å². The topological polar surface area (TPSA) is 74.8 Å². The summed E-state index contributed by atoms with van der Waals surface area (Å²) in [7, 11) is -3.49. The second-order valence-corrected chi connectivity index (χ2v) is 4.53. The van der Waals surface area contributed by atoms with Crippen LogP contribution in [0.2, 0.25) is 0 Å². The average molecular weight is 227 g/mol. The number of hydrogen-bond acceptors (Lipinski definition) is 3. The lowest BCUT2D eigenvalue weighted by Crippen LogP contribution is -2.24. The fraction of sp³-hybridized carbons (Fsp3) is 0.444. The molecule has 0 fully saturated rings. The van der Waals surface area contributed by atoms with Crippen LogP contribution in [0.4, 0.5) is 0 Å². The number of H-pyrrole nitrogens is 1. The van der Waals surface area contributed by atoms with Crippen LogP contribution in [0.3, 0.4) is 0 Å². The Morgan fingerprint density at radius 3 is 2.87 bits per heavy atom. The largest absolute Gasteiger partial charge is 0.332 e. The predicted octanol–water partition coefficient (Wildman–Crippen LogP) is 0.274. The molecule has 1 rings (SSSR count). The van der Waals surface area contributed by atoms with Crippen molar-refractivity contribution in [2.75, 3.05) is 6.54 Å². The maximum atomic E-state index is 11.6. The van der Waals surface area contributed by atoms with Crippen molar-refractivity contribution in [3.8, 4) is 11.8 Å². The molecule has 82 valence electrons. The number of aromatic nitrogens is 2. The minimum atomic E-state index is -3.49. The molecular weight excluding hydrogens is 214 g/mol. The van der Waals surface area contributed by atoms with E-state index in [9.17, 15) is 8.42 Å². The quantitative estimate of drug-likeness (QED) is 0.725. The molecule has 1 aromatic rings. The Morgan fingerprint density at radius 1 is 1.60 bits per heavy atom. The Hall–Kier alpha value is -1.32. The molecule has 0 aliphatic carbocycles. The Balaban J connectivity index is 2.80. The molecule has 0 amide bonds. The van der Waals surface area contributed by atoms with Gasteiger partial charge in [-0.3, -0.25) is 0 Å². The Bertz CT molecular complexity index is 479. The van der Waals surface area contributed by atoms with E-state index in [4.69, 9.17) is 0 Å². The number of rotatable bonds is 4. The normalized spacial score (nSPS) is 10.8. The van der Waals surface area contributed by atoms with Crippen molar-refractivity contribution in [1.29, 1.82) is 0 Å². The van der Waals surface area contributed by atoms with E-state index in [2.05, 4.69) is 26.5 Å². The number of nitrogens with zero attached hydrogens (tertiary/aromatic N) is 1. The highest BCUT2D eigenvalue weighted by molar-refractivity contribution is 7.89.